The number of non-ortho nitro benzene ring substituents is 1. The SMILES string of the molecule is O=[N+]([O-])c1ccc(CN2NNN=C2c2cnn(-c3ccccc3Cl)c2S)cc1. The van der Waals surface area contributed by atoms with Crippen LogP contribution in [0.1, 0.15) is 11.1 Å². The van der Waals surface area contributed by atoms with E-state index in [4.69, 9.17) is 11.6 Å². The number of thiol groups is 1. The third-order valence-corrected chi connectivity index (χ3v) is 4.91. The molecule has 0 saturated carbocycles. The van der Waals surface area contributed by atoms with Crippen molar-refractivity contribution in [1.29, 1.82) is 0 Å². The molecule has 0 aliphatic carbocycles. The molecular formula is C17H14ClN7O2S. The van der Waals surface area contributed by atoms with E-state index in [2.05, 4.69) is 33.9 Å². The molecule has 0 fully saturated rings. The minimum absolute atomic E-state index is 0.0452. The molecule has 0 bridgehead atoms. The van der Waals surface area contributed by atoms with Crippen molar-refractivity contribution in [3.63, 3.8) is 0 Å². The number of halogens is 1. The van der Waals surface area contributed by atoms with E-state index < -0.39 is 4.92 Å². The van der Waals surface area contributed by atoms with Gasteiger partial charge in [0.2, 0.25) is 0 Å². The molecule has 0 spiro atoms. The standard InChI is InChI=1S/C17H14ClN7O2S/c18-14-3-1-2-4-15(14)24-17(28)13(9-19-24)16-20-21-22-23(16)10-11-5-7-12(8-6-11)25(26)27/h1-9,21-22,28H,10H2. The number of amidine groups is 1. The van der Waals surface area contributed by atoms with E-state index in [1.807, 2.05) is 18.2 Å². The van der Waals surface area contributed by atoms with Crippen LogP contribution in [-0.2, 0) is 6.54 Å². The fourth-order valence-corrected chi connectivity index (χ4v) is 3.31. The zero-order chi connectivity index (χ0) is 19.7. The van der Waals surface area contributed by atoms with Crippen molar-refractivity contribution < 1.29 is 4.92 Å². The van der Waals surface area contributed by atoms with Crippen molar-refractivity contribution in [1.82, 2.24) is 25.9 Å². The first kappa shape index (κ1) is 18.3. The second kappa shape index (κ2) is 7.50. The Kier molecular flexibility index (Phi) is 4.90. The number of aromatic nitrogens is 2. The number of hydrogen-bond donors (Lipinski definition) is 3. The molecule has 28 heavy (non-hydrogen) atoms. The van der Waals surface area contributed by atoms with Gasteiger partial charge in [-0.15, -0.1) is 23.3 Å². The van der Waals surface area contributed by atoms with Crippen molar-refractivity contribution in [2.45, 2.75) is 11.6 Å². The van der Waals surface area contributed by atoms with Gasteiger partial charge in [0.25, 0.3) is 5.69 Å². The van der Waals surface area contributed by atoms with Crippen molar-refractivity contribution in [3.05, 3.63) is 81.0 Å². The lowest BCUT2D eigenvalue weighted by atomic mass is 10.2. The van der Waals surface area contributed by atoms with Crippen LogP contribution in [0.15, 0.2) is 64.9 Å². The molecule has 0 amide bonds. The number of nitrogens with one attached hydrogen (secondary N) is 2. The number of nitrogens with zero attached hydrogens (tertiary/aromatic N) is 5. The summed E-state index contributed by atoms with van der Waals surface area (Å²) in [6.45, 7) is 0.425. The average Bonchev–Trinajstić information content (AvgIpc) is 3.29. The van der Waals surface area contributed by atoms with Gasteiger partial charge in [0.05, 0.1) is 33.9 Å². The molecule has 2 aromatic carbocycles. The second-order valence-electron chi connectivity index (χ2n) is 5.91. The number of nitro benzene ring substituents is 1. The minimum Gasteiger partial charge on any atom is -0.266 e. The fraction of sp³-hybridized carbons (Fsp3) is 0.0588. The van der Waals surface area contributed by atoms with Crippen molar-refractivity contribution in [2.75, 3.05) is 0 Å². The maximum absolute atomic E-state index is 10.8. The second-order valence-corrected chi connectivity index (χ2v) is 6.74. The maximum atomic E-state index is 10.8. The summed E-state index contributed by atoms with van der Waals surface area (Å²) in [5, 5.41) is 22.3. The fourth-order valence-electron chi connectivity index (χ4n) is 2.78. The molecule has 0 unspecified atom stereocenters. The lowest BCUT2D eigenvalue weighted by Crippen LogP contribution is -2.40. The Morgan fingerprint density at radius 2 is 1.93 bits per heavy atom. The van der Waals surface area contributed by atoms with Gasteiger partial charge in [-0.05, 0) is 17.7 Å². The van der Waals surface area contributed by atoms with E-state index in [9.17, 15) is 10.1 Å². The first-order valence-electron chi connectivity index (χ1n) is 8.16. The number of hydrazine groups is 2. The quantitative estimate of drug-likeness (QED) is 0.336. The van der Waals surface area contributed by atoms with E-state index >= 15 is 0 Å². The highest BCUT2D eigenvalue weighted by molar-refractivity contribution is 7.80. The van der Waals surface area contributed by atoms with Gasteiger partial charge in [-0.2, -0.15) is 5.10 Å². The largest absolute Gasteiger partial charge is 0.269 e. The zero-order valence-electron chi connectivity index (χ0n) is 14.3. The molecule has 9 nitrogen and oxygen atoms in total. The van der Waals surface area contributed by atoms with Gasteiger partial charge in [-0.25, -0.2) is 10.2 Å². The highest BCUT2D eigenvalue weighted by Gasteiger charge is 2.24. The molecule has 3 aromatic rings. The van der Waals surface area contributed by atoms with Crippen molar-refractivity contribution in [3.8, 4) is 5.69 Å². The number of hydrazone groups is 1. The summed E-state index contributed by atoms with van der Waals surface area (Å²) >= 11 is 10.9. The Balaban J connectivity index is 1.59. The van der Waals surface area contributed by atoms with E-state index in [0.29, 0.717) is 33.7 Å². The number of rotatable bonds is 5. The molecule has 0 saturated heterocycles. The smallest absolute Gasteiger partial charge is 0.266 e. The number of nitro groups is 1. The highest BCUT2D eigenvalue weighted by atomic mass is 35.5. The summed E-state index contributed by atoms with van der Waals surface area (Å²) in [5.41, 5.74) is 7.97. The first-order chi connectivity index (χ1) is 13.5. The molecule has 1 aliphatic rings. The van der Waals surface area contributed by atoms with Crippen LogP contribution in [0.5, 0.6) is 0 Å². The third kappa shape index (κ3) is 3.40. The van der Waals surface area contributed by atoms with Crippen LogP contribution in [-0.4, -0.2) is 25.5 Å². The predicted octanol–water partition coefficient (Wildman–Crippen LogP) is 2.91. The van der Waals surface area contributed by atoms with Gasteiger partial charge >= 0.3 is 0 Å². The van der Waals surface area contributed by atoms with E-state index in [1.54, 1.807) is 34.1 Å². The van der Waals surface area contributed by atoms with Gasteiger partial charge in [0.15, 0.2) is 5.84 Å². The molecule has 4 rings (SSSR count). The first-order valence-corrected chi connectivity index (χ1v) is 8.98. The average molecular weight is 416 g/mol. The Labute approximate surface area is 170 Å². The lowest BCUT2D eigenvalue weighted by molar-refractivity contribution is -0.384. The van der Waals surface area contributed by atoms with Gasteiger partial charge in [0.1, 0.15) is 5.03 Å². The molecule has 1 aromatic heterocycles. The Hall–Kier alpha value is -3.08. The van der Waals surface area contributed by atoms with E-state index in [1.165, 1.54) is 12.1 Å². The minimum atomic E-state index is -0.428. The summed E-state index contributed by atoms with van der Waals surface area (Å²) in [5.74, 6) is 0.585. The number of hydrogen-bond acceptors (Lipinski definition) is 8. The molecule has 0 radical (unpaired) electrons. The Morgan fingerprint density at radius 1 is 1.18 bits per heavy atom. The number of benzene rings is 2. The van der Waals surface area contributed by atoms with Crippen LogP contribution >= 0.6 is 24.2 Å². The summed E-state index contributed by atoms with van der Waals surface area (Å²) in [7, 11) is 0. The summed E-state index contributed by atoms with van der Waals surface area (Å²) in [6.07, 6.45) is 1.65. The highest BCUT2D eigenvalue weighted by Crippen LogP contribution is 2.26. The zero-order valence-corrected chi connectivity index (χ0v) is 15.9. The summed E-state index contributed by atoms with van der Waals surface area (Å²) in [4.78, 5) is 10.4. The van der Waals surface area contributed by atoms with Crippen LogP contribution in [0.3, 0.4) is 0 Å². The molecule has 0 atom stereocenters. The predicted molar refractivity (Wildman–Crippen MR) is 107 cm³/mol. The van der Waals surface area contributed by atoms with Gasteiger partial charge < -0.3 is 0 Å². The maximum Gasteiger partial charge on any atom is 0.269 e. The van der Waals surface area contributed by atoms with Gasteiger partial charge in [0, 0.05) is 12.1 Å². The van der Waals surface area contributed by atoms with Gasteiger partial charge in [-0.3, -0.25) is 15.1 Å². The van der Waals surface area contributed by atoms with Crippen molar-refractivity contribution >= 4 is 35.8 Å². The van der Waals surface area contributed by atoms with Crippen LogP contribution in [0.4, 0.5) is 5.69 Å². The number of para-hydroxylation sites is 1. The van der Waals surface area contributed by atoms with Crippen LogP contribution in [0.2, 0.25) is 5.02 Å². The molecule has 2 heterocycles. The molecule has 2 N–H and O–H groups in total. The molecule has 1 aliphatic heterocycles. The van der Waals surface area contributed by atoms with E-state index in [-0.39, 0.29) is 5.69 Å². The van der Waals surface area contributed by atoms with E-state index in [0.717, 1.165) is 5.56 Å². The topological polar surface area (TPSA) is 101 Å². The molecule has 142 valence electrons. The summed E-state index contributed by atoms with van der Waals surface area (Å²) in [6, 6.07) is 13.7. The monoisotopic (exact) mass is 415 g/mol. The summed E-state index contributed by atoms with van der Waals surface area (Å²) < 4.78 is 1.63. The van der Waals surface area contributed by atoms with Crippen molar-refractivity contribution in [2.24, 2.45) is 5.10 Å². The van der Waals surface area contributed by atoms with Gasteiger partial charge in [-0.1, -0.05) is 35.9 Å². The lowest BCUT2D eigenvalue weighted by Gasteiger charge is -2.18. The molecular weight excluding hydrogens is 402 g/mol. The Bertz CT molecular complexity index is 1070. The third-order valence-electron chi connectivity index (χ3n) is 4.16. The molecule has 11 heteroatoms. The van der Waals surface area contributed by atoms with Crippen LogP contribution in [0, 0.1) is 10.1 Å². The van der Waals surface area contributed by atoms with Crippen LogP contribution < -0.4 is 11.1 Å². The Morgan fingerprint density at radius 3 is 2.64 bits per heavy atom. The van der Waals surface area contributed by atoms with Crippen LogP contribution in [0.25, 0.3) is 5.69 Å². The normalized spacial score (nSPS) is 13.4.